The zero-order valence-electron chi connectivity index (χ0n) is 13.3. The van der Waals surface area contributed by atoms with Crippen LogP contribution >= 0.6 is 24.2 Å². The minimum absolute atomic E-state index is 0. The molecule has 0 aliphatic carbocycles. The molecule has 4 fully saturated rings. The minimum Gasteiger partial charge on any atom is -0.379 e. The number of morpholine rings is 2. The molecule has 4 atom stereocenters. The highest BCUT2D eigenvalue weighted by molar-refractivity contribution is 8.00. The van der Waals surface area contributed by atoms with Crippen LogP contribution in [0.25, 0.3) is 0 Å². The van der Waals surface area contributed by atoms with Crippen molar-refractivity contribution >= 4 is 24.2 Å². The van der Waals surface area contributed by atoms with Crippen molar-refractivity contribution in [3.63, 3.8) is 0 Å². The number of rotatable bonds is 2. The molecule has 22 heavy (non-hydrogen) atoms. The molecule has 4 saturated heterocycles. The first-order valence-electron chi connectivity index (χ1n) is 8.71. The molecule has 0 aromatic carbocycles. The Bertz CT molecular complexity index is 319. The third-order valence-corrected chi connectivity index (χ3v) is 7.53. The largest absolute Gasteiger partial charge is 0.379 e. The second-order valence-electron chi connectivity index (χ2n) is 6.80. The van der Waals surface area contributed by atoms with E-state index in [9.17, 15) is 0 Å². The number of ether oxygens (including phenoxy) is 2. The Hall–Kier alpha value is 0.480. The lowest BCUT2D eigenvalue weighted by molar-refractivity contribution is -0.00254. The maximum absolute atomic E-state index is 5.52. The standard InChI is InChI=1S/C16H28N2O2S.ClH/c1-3-15-14(18-7-11-20-12-8-18)2-4-16(21-15)13(1)17-5-9-19-10-6-17;/h13-16H,1-12H2;1H. The molecule has 0 spiro atoms. The van der Waals surface area contributed by atoms with Crippen molar-refractivity contribution in [3.8, 4) is 0 Å². The van der Waals surface area contributed by atoms with Crippen LogP contribution in [0.2, 0.25) is 0 Å². The van der Waals surface area contributed by atoms with Gasteiger partial charge in [0.1, 0.15) is 0 Å². The van der Waals surface area contributed by atoms with Gasteiger partial charge in [0.2, 0.25) is 0 Å². The average molecular weight is 349 g/mol. The van der Waals surface area contributed by atoms with Gasteiger partial charge in [-0.15, -0.1) is 12.4 Å². The molecular formula is C16H29ClN2O2S. The Labute approximate surface area is 144 Å². The van der Waals surface area contributed by atoms with E-state index in [1.165, 1.54) is 25.7 Å². The number of thioether (sulfide) groups is 1. The third kappa shape index (κ3) is 3.60. The van der Waals surface area contributed by atoms with E-state index < -0.39 is 0 Å². The SMILES string of the molecule is C1CN(C2CCC3SC2CCC3N2CCOCC2)CCO1.Cl. The van der Waals surface area contributed by atoms with Gasteiger partial charge < -0.3 is 9.47 Å². The number of nitrogens with zero attached hydrogens (tertiary/aromatic N) is 2. The van der Waals surface area contributed by atoms with Gasteiger partial charge in [0, 0.05) is 48.8 Å². The lowest BCUT2D eigenvalue weighted by atomic mass is 9.89. The number of hydrogen-bond donors (Lipinski definition) is 0. The van der Waals surface area contributed by atoms with E-state index in [-0.39, 0.29) is 12.4 Å². The molecule has 2 bridgehead atoms. The summed E-state index contributed by atoms with van der Waals surface area (Å²) in [5.41, 5.74) is 0. The summed E-state index contributed by atoms with van der Waals surface area (Å²) in [6.07, 6.45) is 5.63. The highest BCUT2D eigenvalue weighted by Gasteiger charge is 2.43. The van der Waals surface area contributed by atoms with Crippen LogP contribution in [0.5, 0.6) is 0 Å². The van der Waals surface area contributed by atoms with Crippen molar-refractivity contribution in [2.75, 3.05) is 52.6 Å². The summed E-state index contributed by atoms with van der Waals surface area (Å²) in [5.74, 6) is 0. The van der Waals surface area contributed by atoms with Crippen molar-refractivity contribution in [2.45, 2.75) is 48.3 Å². The van der Waals surface area contributed by atoms with Crippen molar-refractivity contribution in [1.29, 1.82) is 0 Å². The van der Waals surface area contributed by atoms with E-state index in [1.807, 2.05) is 0 Å². The Morgan fingerprint density at radius 1 is 0.636 bits per heavy atom. The molecule has 4 nitrogen and oxygen atoms in total. The monoisotopic (exact) mass is 348 g/mol. The fourth-order valence-electron chi connectivity index (χ4n) is 4.62. The van der Waals surface area contributed by atoms with Crippen molar-refractivity contribution in [1.82, 2.24) is 9.80 Å². The first-order chi connectivity index (χ1) is 10.4. The highest BCUT2D eigenvalue weighted by Crippen LogP contribution is 2.45. The fraction of sp³-hybridized carbons (Fsp3) is 1.00. The molecule has 128 valence electrons. The molecule has 4 aliphatic rings. The van der Waals surface area contributed by atoms with Crippen molar-refractivity contribution < 1.29 is 9.47 Å². The molecule has 4 heterocycles. The van der Waals surface area contributed by atoms with Crippen molar-refractivity contribution in [2.24, 2.45) is 0 Å². The van der Waals surface area contributed by atoms with E-state index in [2.05, 4.69) is 21.6 Å². The number of hydrogen-bond acceptors (Lipinski definition) is 5. The maximum Gasteiger partial charge on any atom is 0.0594 e. The van der Waals surface area contributed by atoms with Gasteiger partial charge in [-0.05, 0) is 25.7 Å². The zero-order chi connectivity index (χ0) is 14.1. The predicted molar refractivity (Wildman–Crippen MR) is 93.2 cm³/mol. The summed E-state index contributed by atoms with van der Waals surface area (Å²) in [6.45, 7) is 8.36. The summed E-state index contributed by atoms with van der Waals surface area (Å²) >= 11 is 2.31. The average Bonchev–Trinajstić information content (AvgIpc) is 2.57. The Morgan fingerprint density at radius 3 is 1.45 bits per heavy atom. The lowest BCUT2D eigenvalue weighted by Crippen LogP contribution is -2.57. The van der Waals surface area contributed by atoms with Crippen LogP contribution in [0.15, 0.2) is 0 Å². The number of halogens is 1. The van der Waals surface area contributed by atoms with E-state index in [0.29, 0.717) is 0 Å². The molecule has 0 saturated carbocycles. The Kier molecular flexibility index (Phi) is 6.32. The molecule has 0 aromatic heterocycles. The quantitative estimate of drug-likeness (QED) is 0.758. The van der Waals surface area contributed by atoms with Crippen LogP contribution in [0.1, 0.15) is 25.7 Å². The zero-order valence-corrected chi connectivity index (χ0v) is 15.0. The fourth-order valence-corrected chi connectivity index (χ4v) is 6.59. The summed E-state index contributed by atoms with van der Waals surface area (Å²) in [4.78, 5) is 5.43. The lowest BCUT2D eigenvalue weighted by Gasteiger charge is -2.51. The molecule has 4 rings (SSSR count). The van der Waals surface area contributed by atoms with E-state index >= 15 is 0 Å². The number of fused-ring (bicyclic) bond motifs is 2. The second-order valence-corrected chi connectivity index (χ2v) is 8.28. The van der Waals surface area contributed by atoms with Crippen LogP contribution in [0.4, 0.5) is 0 Å². The van der Waals surface area contributed by atoms with E-state index in [0.717, 1.165) is 75.2 Å². The second kappa shape index (κ2) is 8.04. The molecular weight excluding hydrogens is 320 g/mol. The first-order valence-corrected chi connectivity index (χ1v) is 9.65. The van der Waals surface area contributed by atoms with Crippen LogP contribution in [-0.4, -0.2) is 85.0 Å². The predicted octanol–water partition coefficient (Wildman–Crippen LogP) is 1.87. The summed E-state index contributed by atoms with van der Waals surface area (Å²) in [7, 11) is 0. The minimum atomic E-state index is 0. The van der Waals surface area contributed by atoms with Crippen LogP contribution in [-0.2, 0) is 9.47 Å². The van der Waals surface area contributed by atoms with Gasteiger partial charge in [-0.25, -0.2) is 0 Å². The smallest absolute Gasteiger partial charge is 0.0594 e. The topological polar surface area (TPSA) is 24.9 Å². The molecule has 0 radical (unpaired) electrons. The first kappa shape index (κ1) is 17.3. The van der Waals surface area contributed by atoms with Gasteiger partial charge in [-0.1, -0.05) is 0 Å². The van der Waals surface area contributed by atoms with Crippen molar-refractivity contribution in [3.05, 3.63) is 0 Å². The van der Waals surface area contributed by atoms with Gasteiger partial charge in [0.15, 0.2) is 0 Å². The summed E-state index contributed by atoms with van der Waals surface area (Å²) < 4.78 is 11.0. The molecule has 6 heteroatoms. The van der Waals surface area contributed by atoms with Crippen LogP contribution < -0.4 is 0 Å². The molecule has 4 aliphatic heterocycles. The third-order valence-electron chi connectivity index (χ3n) is 5.73. The van der Waals surface area contributed by atoms with Crippen LogP contribution in [0.3, 0.4) is 0 Å². The maximum atomic E-state index is 5.52. The molecule has 4 unspecified atom stereocenters. The van der Waals surface area contributed by atoms with Gasteiger partial charge in [-0.3, -0.25) is 9.80 Å². The molecule has 0 aromatic rings. The van der Waals surface area contributed by atoms with Gasteiger partial charge in [0.05, 0.1) is 26.4 Å². The normalized spacial score (nSPS) is 40.9. The molecule has 0 N–H and O–H groups in total. The van der Waals surface area contributed by atoms with Gasteiger partial charge in [0.25, 0.3) is 0 Å². The van der Waals surface area contributed by atoms with E-state index in [1.54, 1.807) is 0 Å². The van der Waals surface area contributed by atoms with Gasteiger partial charge >= 0.3 is 0 Å². The van der Waals surface area contributed by atoms with Crippen LogP contribution in [0, 0.1) is 0 Å². The Morgan fingerprint density at radius 2 is 1.05 bits per heavy atom. The van der Waals surface area contributed by atoms with Gasteiger partial charge in [-0.2, -0.15) is 11.8 Å². The summed E-state index contributed by atoms with van der Waals surface area (Å²) in [6, 6.07) is 1.64. The Balaban J connectivity index is 0.00000144. The highest BCUT2D eigenvalue weighted by atomic mass is 35.5. The van der Waals surface area contributed by atoms with E-state index in [4.69, 9.17) is 9.47 Å². The molecule has 0 amide bonds. The summed E-state index contributed by atoms with van der Waals surface area (Å²) in [5, 5.41) is 1.75.